The highest BCUT2D eigenvalue weighted by Gasteiger charge is 2.30. The van der Waals surface area contributed by atoms with Crippen LogP contribution in [0.3, 0.4) is 0 Å². The maximum atomic E-state index is 12.8. The van der Waals surface area contributed by atoms with E-state index in [1.165, 1.54) is 16.4 Å². The molecule has 0 unspecified atom stereocenters. The minimum Gasteiger partial charge on any atom is -0.379 e. The van der Waals surface area contributed by atoms with Crippen molar-refractivity contribution in [1.29, 1.82) is 0 Å². The van der Waals surface area contributed by atoms with Crippen LogP contribution >= 0.6 is 0 Å². The first-order valence-electron chi connectivity index (χ1n) is 7.61. The van der Waals surface area contributed by atoms with Crippen LogP contribution < -0.4 is 10.9 Å². The first-order chi connectivity index (χ1) is 11.3. The summed E-state index contributed by atoms with van der Waals surface area (Å²) in [5.74, 6) is -1.36. The number of rotatable bonds is 4. The standard InChI is InChI=1S/C15H21N3O5S/c1-11(2)14(19)16-17-15(20)12-5-3-4-6-13(12)24(21,22)18-7-9-23-10-8-18/h3-6,11H,7-10H2,1-2H3,(H,16,19)(H,17,20). The topological polar surface area (TPSA) is 105 Å². The van der Waals surface area contributed by atoms with Gasteiger partial charge in [-0.1, -0.05) is 26.0 Å². The number of carbonyl (C=O) groups is 2. The van der Waals surface area contributed by atoms with E-state index in [1.54, 1.807) is 26.0 Å². The number of ether oxygens (including phenoxy) is 1. The molecule has 0 aromatic heterocycles. The van der Waals surface area contributed by atoms with Gasteiger partial charge in [-0.3, -0.25) is 20.4 Å². The van der Waals surface area contributed by atoms with Gasteiger partial charge in [-0.05, 0) is 12.1 Å². The molecule has 132 valence electrons. The molecule has 0 saturated carbocycles. The summed E-state index contributed by atoms with van der Waals surface area (Å²) in [6, 6.07) is 5.91. The Morgan fingerprint density at radius 1 is 1.12 bits per heavy atom. The van der Waals surface area contributed by atoms with E-state index < -0.39 is 15.9 Å². The van der Waals surface area contributed by atoms with Crippen LogP contribution in [0.2, 0.25) is 0 Å². The molecule has 0 spiro atoms. The molecule has 1 aromatic rings. The van der Waals surface area contributed by atoms with Gasteiger partial charge in [0.1, 0.15) is 0 Å². The van der Waals surface area contributed by atoms with Crippen molar-refractivity contribution in [3.05, 3.63) is 29.8 Å². The highest BCUT2D eigenvalue weighted by atomic mass is 32.2. The molecule has 0 bridgehead atoms. The Bertz CT molecular complexity index is 712. The molecule has 1 saturated heterocycles. The van der Waals surface area contributed by atoms with Gasteiger partial charge in [0.15, 0.2) is 0 Å². The quantitative estimate of drug-likeness (QED) is 0.747. The average Bonchev–Trinajstić information content (AvgIpc) is 2.60. The fourth-order valence-corrected chi connectivity index (χ4v) is 3.73. The largest absolute Gasteiger partial charge is 0.379 e. The number of morpholine rings is 1. The van der Waals surface area contributed by atoms with E-state index in [0.29, 0.717) is 13.2 Å². The summed E-state index contributed by atoms with van der Waals surface area (Å²) in [7, 11) is -3.81. The van der Waals surface area contributed by atoms with Gasteiger partial charge in [0.2, 0.25) is 15.9 Å². The van der Waals surface area contributed by atoms with Crippen LogP contribution in [0, 0.1) is 5.92 Å². The lowest BCUT2D eigenvalue weighted by Crippen LogP contribution is -2.45. The summed E-state index contributed by atoms with van der Waals surface area (Å²) in [5, 5.41) is 0. The van der Waals surface area contributed by atoms with E-state index in [0.717, 1.165) is 0 Å². The van der Waals surface area contributed by atoms with Crippen molar-refractivity contribution in [1.82, 2.24) is 15.2 Å². The molecule has 2 amide bonds. The molecule has 1 aromatic carbocycles. The van der Waals surface area contributed by atoms with Gasteiger partial charge in [-0.2, -0.15) is 4.31 Å². The number of sulfonamides is 1. The predicted molar refractivity (Wildman–Crippen MR) is 86.5 cm³/mol. The van der Waals surface area contributed by atoms with Crippen molar-refractivity contribution in [3.63, 3.8) is 0 Å². The van der Waals surface area contributed by atoms with E-state index in [4.69, 9.17) is 4.74 Å². The van der Waals surface area contributed by atoms with E-state index in [-0.39, 0.29) is 35.4 Å². The van der Waals surface area contributed by atoms with Gasteiger partial charge in [0.05, 0.1) is 23.7 Å². The van der Waals surface area contributed by atoms with Crippen LogP contribution in [0.4, 0.5) is 0 Å². The molecular formula is C15H21N3O5S. The highest BCUT2D eigenvalue weighted by molar-refractivity contribution is 7.89. The van der Waals surface area contributed by atoms with Crippen molar-refractivity contribution in [2.24, 2.45) is 5.92 Å². The Hall–Kier alpha value is -1.97. The number of nitrogens with one attached hydrogen (secondary N) is 2. The van der Waals surface area contributed by atoms with Crippen molar-refractivity contribution in [2.45, 2.75) is 18.7 Å². The maximum absolute atomic E-state index is 12.8. The van der Waals surface area contributed by atoms with E-state index in [1.807, 2.05) is 0 Å². The van der Waals surface area contributed by atoms with Gasteiger partial charge in [-0.15, -0.1) is 0 Å². The van der Waals surface area contributed by atoms with Crippen molar-refractivity contribution in [3.8, 4) is 0 Å². The van der Waals surface area contributed by atoms with Crippen molar-refractivity contribution < 1.29 is 22.7 Å². The van der Waals surface area contributed by atoms with Crippen LogP contribution in [0.15, 0.2) is 29.2 Å². The summed E-state index contributed by atoms with van der Waals surface area (Å²) in [5.41, 5.74) is 4.50. The summed E-state index contributed by atoms with van der Waals surface area (Å²) >= 11 is 0. The molecule has 0 aliphatic carbocycles. The third-order valence-electron chi connectivity index (χ3n) is 3.54. The lowest BCUT2D eigenvalue weighted by Gasteiger charge is -2.26. The van der Waals surface area contributed by atoms with Gasteiger partial charge < -0.3 is 4.74 Å². The number of carbonyl (C=O) groups excluding carboxylic acids is 2. The third-order valence-corrected chi connectivity index (χ3v) is 5.50. The minimum atomic E-state index is -3.81. The van der Waals surface area contributed by atoms with Crippen LogP contribution in [0.1, 0.15) is 24.2 Å². The molecule has 2 N–H and O–H groups in total. The predicted octanol–water partition coefficient (Wildman–Crippen LogP) is 0.125. The van der Waals surface area contributed by atoms with Crippen LogP contribution in [-0.4, -0.2) is 50.8 Å². The Morgan fingerprint density at radius 3 is 2.38 bits per heavy atom. The zero-order chi connectivity index (χ0) is 17.7. The average molecular weight is 355 g/mol. The molecule has 2 rings (SSSR count). The normalized spacial score (nSPS) is 16.0. The van der Waals surface area contributed by atoms with E-state index in [2.05, 4.69) is 10.9 Å². The second-order valence-electron chi connectivity index (χ2n) is 5.61. The van der Waals surface area contributed by atoms with Crippen molar-refractivity contribution >= 4 is 21.8 Å². The van der Waals surface area contributed by atoms with Gasteiger partial charge in [0.25, 0.3) is 5.91 Å². The molecular weight excluding hydrogens is 334 g/mol. The Labute approximate surface area is 141 Å². The highest BCUT2D eigenvalue weighted by Crippen LogP contribution is 2.21. The molecule has 1 fully saturated rings. The minimum absolute atomic E-state index is 0.0203. The third kappa shape index (κ3) is 4.11. The SMILES string of the molecule is CC(C)C(=O)NNC(=O)c1ccccc1S(=O)(=O)N1CCOCC1. The van der Waals surface area contributed by atoms with Gasteiger partial charge >= 0.3 is 0 Å². The summed E-state index contributed by atoms with van der Waals surface area (Å²) in [4.78, 5) is 23.7. The second kappa shape index (κ2) is 7.73. The fraction of sp³-hybridized carbons (Fsp3) is 0.467. The van der Waals surface area contributed by atoms with Crippen molar-refractivity contribution in [2.75, 3.05) is 26.3 Å². The summed E-state index contributed by atoms with van der Waals surface area (Å²) < 4.78 is 32.0. The Kier molecular flexibility index (Phi) is 5.92. The zero-order valence-corrected chi connectivity index (χ0v) is 14.4. The zero-order valence-electron chi connectivity index (χ0n) is 13.6. The molecule has 8 nitrogen and oxygen atoms in total. The summed E-state index contributed by atoms with van der Waals surface area (Å²) in [6.45, 7) is 4.47. The molecule has 0 atom stereocenters. The van der Waals surface area contributed by atoms with Gasteiger partial charge in [-0.25, -0.2) is 8.42 Å². The summed E-state index contributed by atoms with van der Waals surface area (Å²) in [6.07, 6.45) is 0. The number of benzene rings is 1. The number of hydrazine groups is 1. The maximum Gasteiger partial charge on any atom is 0.271 e. The van der Waals surface area contributed by atoms with Crippen LogP contribution in [0.5, 0.6) is 0 Å². The van der Waals surface area contributed by atoms with Gasteiger partial charge in [0, 0.05) is 19.0 Å². The van der Waals surface area contributed by atoms with Crippen LogP contribution in [0.25, 0.3) is 0 Å². The first-order valence-corrected chi connectivity index (χ1v) is 9.05. The fourth-order valence-electron chi connectivity index (χ4n) is 2.14. The monoisotopic (exact) mass is 355 g/mol. The van der Waals surface area contributed by atoms with E-state index in [9.17, 15) is 18.0 Å². The van der Waals surface area contributed by atoms with Crippen LogP contribution in [-0.2, 0) is 19.6 Å². The van der Waals surface area contributed by atoms with E-state index >= 15 is 0 Å². The lowest BCUT2D eigenvalue weighted by molar-refractivity contribution is -0.124. The number of amides is 2. The lowest BCUT2D eigenvalue weighted by atomic mass is 10.2. The Morgan fingerprint density at radius 2 is 1.75 bits per heavy atom. The number of hydrogen-bond donors (Lipinski definition) is 2. The molecule has 0 radical (unpaired) electrons. The molecule has 9 heteroatoms. The smallest absolute Gasteiger partial charge is 0.271 e. The number of nitrogens with zero attached hydrogens (tertiary/aromatic N) is 1. The molecule has 1 aliphatic heterocycles. The Balaban J connectivity index is 2.23. The number of hydrogen-bond acceptors (Lipinski definition) is 5. The molecule has 1 heterocycles. The molecule has 1 aliphatic rings. The first kappa shape index (κ1) is 18.4. The molecule has 24 heavy (non-hydrogen) atoms. The second-order valence-corrected chi connectivity index (χ2v) is 7.52.